The minimum atomic E-state index is -0.929. The first-order chi connectivity index (χ1) is 8.02. The van der Waals surface area contributed by atoms with Gasteiger partial charge in [-0.2, -0.15) is 0 Å². The lowest BCUT2D eigenvalue weighted by atomic mass is 10.1. The Morgan fingerprint density at radius 2 is 1.82 bits per heavy atom. The van der Waals surface area contributed by atoms with Crippen molar-refractivity contribution in [3.05, 3.63) is 29.8 Å². The average Bonchev–Trinajstić information content (AvgIpc) is 2.29. The highest BCUT2D eigenvalue weighted by Crippen LogP contribution is 2.09. The number of hydrogen-bond acceptors (Lipinski definition) is 4. The van der Waals surface area contributed by atoms with Crippen LogP contribution in [-0.4, -0.2) is 17.9 Å². The summed E-state index contributed by atoms with van der Waals surface area (Å²) in [6.45, 7) is 0.440. The summed E-state index contributed by atoms with van der Waals surface area (Å²) < 4.78 is 0. The van der Waals surface area contributed by atoms with E-state index in [9.17, 15) is 9.59 Å². The summed E-state index contributed by atoms with van der Waals surface area (Å²) in [5.41, 5.74) is 17.5. The van der Waals surface area contributed by atoms with Crippen molar-refractivity contribution >= 4 is 17.5 Å². The van der Waals surface area contributed by atoms with Gasteiger partial charge in [0.25, 0.3) is 0 Å². The molecule has 6 nitrogen and oxygen atoms in total. The molecule has 0 spiro atoms. The van der Waals surface area contributed by atoms with Crippen LogP contribution in [0.4, 0.5) is 5.69 Å². The van der Waals surface area contributed by atoms with Crippen molar-refractivity contribution in [3.8, 4) is 0 Å². The van der Waals surface area contributed by atoms with E-state index in [0.717, 1.165) is 5.56 Å². The number of nitrogens with two attached hydrogens (primary N) is 3. The Kier molecular flexibility index (Phi) is 4.62. The maximum Gasteiger partial charge on any atom is 0.241 e. The Labute approximate surface area is 99.1 Å². The van der Waals surface area contributed by atoms with Crippen LogP contribution >= 0.6 is 0 Å². The van der Waals surface area contributed by atoms with Crippen molar-refractivity contribution in [2.75, 3.05) is 5.32 Å². The molecule has 1 aromatic rings. The summed E-state index contributed by atoms with van der Waals surface area (Å²) in [7, 11) is 0. The largest absolute Gasteiger partial charge is 0.370 e. The predicted molar refractivity (Wildman–Crippen MR) is 64.7 cm³/mol. The number of carbonyl (C=O) groups is 2. The second-order valence-corrected chi connectivity index (χ2v) is 3.67. The number of carbonyl (C=O) groups excluding carboxylic acids is 2. The average molecular weight is 236 g/mol. The molecule has 0 aromatic heterocycles. The maximum atomic E-state index is 11.5. The predicted octanol–water partition coefficient (Wildman–Crippen LogP) is -0.713. The molecular formula is C11H16N4O2. The van der Waals surface area contributed by atoms with E-state index in [1.165, 1.54) is 0 Å². The Morgan fingerprint density at radius 1 is 1.24 bits per heavy atom. The van der Waals surface area contributed by atoms with Crippen molar-refractivity contribution < 1.29 is 9.59 Å². The Balaban J connectivity index is 2.58. The molecule has 0 aliphatic rings. The number of hydrogen-bond donors (Lipinski definition) is 4. The zero-order valence-electron chi connectivity index (χ0n) is 9.35. The van der Waals surface area contributed by atoms with Crippen LogP contribution in [0.3, 0.4) is 0 Å². The summed E-state index contributed by atoms with van der Waals surface area (Å²) in [5.74, 6) is -1.05. The van der Waals surface area contributed by atoms with Crippen molar-refractivity contribution in [2.45, 2.75) is 19.0 Å². The van der Waals surface area contributed by atoms with Crippen LogP contribution in [-0.2, 0) is 16.1 Å². The molecule has 6 heteroatoms. The van der Waals surface area contributed by atoms with Gasteiger partial charge in [-0.3, -0.25) is 9.59 Å². The molecule has 0 bridgehead atoms. The van der Waals surface area contributed by atoms with Crippen molar-refractivity contribution in [1.82, 2.24) is 0 Å². The minimum Gasteiger partial charge on any atom is -0.370 e. The smallest absolute Gasteiger partial charge is 0.241 e. The lowest BCUT2D eigenvalue weighted by Crippen LogP contribution is -2.38. The van der Waals surface area contributed by atoms with E-state index >= 15 is 0 Å². The van der Waals surface area contributed by atoms with E-state index in [0.29, 0.717) is 12.2 Å². The van der Waals surface area contributed by atoms with Gasteiger partial charge >= 0.3 is 0 Å². The van der Waals surface area contributed by atoms with Gasteiger partial charge in [0, 0.05) is 12.2 Å². The lowest BCUT2D eigenvalue weighted by Gasteiger charge is -2.10. The van der Waals surface area contributed by atoms with Crippen LogP contribution < -0.4 is 22.5 Å². The number of anilines is 1. The summed E-state index contributed by atoms with van der Waals surface area (Å²) in [4.78, 5) is 22.1. The van der Waals surface area contributed by atoms with Crippen molar-refractivity contribution in [3.63, 3.8) is 0 Å². The van der Waals surface area contributed by atoms with Gasteiger partial charge in [0.15, 0.2) is 0 Å². The number of benzene rings is 1. The second kappa shape index (κ2) is 5.97. The monoisotopic (exact) mass is 236 g/mol. The molecule has 2 amide bonds. The number of amides is 2. The van der Waals surface area contributed by atoms with Crippen LogP contribution in [0, 0.1) is 0 Å². The van der Waals surface area contributed by atoms with Gasteiger partial charge in [-0.25, -0.2) is 0 Å². The molecule has 1 rings (SSSR count). The van der Waals surface area contributed by atoms with E-state index in [1.807, 2.05) is 0 Å². The molecule has 1 atom stereocenters. The molecule has 92 valence electrons. The van der Waals surface area contributed by atoms with Crippen LogP contribution in [0.25, 0.3) is 0 Å². The third-order valence-corrected chi connectivity index (χ3v) is 2.22. The quantitative estimate of drug-likeness (QED) is 0.538. The molecule has 0 unspecified atom stereocenters. The highest BCUT2D eigenvalue weighted by atomic mass is 16.2. The minimum absolute atomic E-state index is 0.174. The zero-order valence-corrected chi connectivity index (χ0v) is 9.35. The van der Waals surface area contributed by atoms with E-state index in [4.69, 9.17) is 17.2 Å². The summed E-state index contributed by atoms with van der Waals surface area (Å²) in [5, 5.41) is 2.59. The lowest BCUT2D eigenvalue weighted by molar-refractivity contribution is -0.123. The summed E-state index contributed by atoms with van der Waals surface area (Å²) in [6.07, 6.45) is -0.174. The normalized spacial score (nSPS) is 11.9. The fraction of sp³-hybridized carbons (Fsp3) is 0.273. The van der Waals surface area contributed by atoms with E-state index in [-0.39, 0.29) is 6.42 Å². The molecule has 0 saturated heterocycles. The number of rotatable bonds is 5. The third kappa shape index (κ3) is 4.21. The Bertz CT molecular complexity index is 402. The SMILES string of the molecule is NCc1ccc(NC(=O)[C@@H](N)CC(N)=O)cc1. The first-order valence-corrected chi connectivity index (χ1v) is 5.16. The first kappa shape index (κ1) is 13.1. The van der Waals surface area contributed by atoms with Gasteiger partial charge in [-0.15, -0.1) is 0 Å². The van der Waals surface area contributed by atoms with Gasteiger partial charge in [-0.05, 0) is 17.7 Å². The molecule has 7 N–H and O–H groups in total. The van der Waals surface area contributed by atoms with E-state index in [1.54, 1.807) is 24.3 Å². The van der Waals surface area contributed by atoms with Gasteiger partial charge in [0.2, 0.25) is 11.8 Å². The molecule has 0 aliphatic carbocycles. The summed E-state index contributed by atoms with van der Waals surface area (Å²) >= 11 is 0. The van der Waals surface area contributed by atoms with E-state index in [2.05, 4.69) is 5.32 Å². The van der Waals surface area contributed by atoms with Gasteiger partial charge in [0.05, 0.1) is 12.5 Å². The van der Waals surface area contributed by atoms with Crippen LogP contribution in [0.5, 0.6) is 0 Å². The van der Waals surface area contributed by atoms with E-state index < -0.39 is 17.9 Å². The second-order valence-electron chi connectivity index (χ2n) is 3.67. The number of nitrogens with one attached hydrogen (secondary N) is 1. The zero-order chi connectivity index (χ0) is 12.8. The first-order valence-electron chi connectivity index (χ1n) is 5.16. The summed E-state index contributed by atoms with van der Waals surface area (Å²) in [6, 6.07) is 6.11. The fourth-order valence-electron chi connectivity index (χ4n) is 1.27. The molecule has 0 radical (unpaired) electrons. The molecule has 17 heavy (non-hydrogen) atoms. The Hall–Kier alpha value is -1.92. The standard InChI is InChI=1S/C11H16N4O2/c12-6-7-1-3-8(4-2-7)15-11(17)9(13)5-10(14)16/h1-4,9H,5-6,12-13H2,(H2,14,16)(H,15,17)/t9-/m0/s1. The third-order valence-electron chi connectivity index (χ3n) is 2.22. The van der Waals surface area contributed by atoms with Crippen molar-refractivity contribution in [2.24, 2.45) is 17.2 Å². The molecule has 1 aromatic carbocycles. The highest BCUT2D eigenvalue weighted by molar-refractivity contribution is 5.97. The number of primary amides is 1. The van der Waals surface area contributed by atoms with Crippen LogP contribution in [0.1, 0.15) is 12.0 Å². The maximum absolute atomic E-state index is 11.5. The molecular weight excluding hydrogens is 220 g/mol. The topological polar surface area (TPSA) is 124 Å². The fourth-order valence-corrected chi connectivity index (χ4v) is 1.27. The molecule has 0 heterocycles. The van der Waals surface area contributed by atoms with Gasteiger partial charge in [-0.1, -0.05) is 12.1 Å². The van der Waals surface area contributed by atoms with Crippen LogP contribution in [0.15, 0.2) is 24.3 Å². The Morgan fingerprint density at radius 3 is 2.29 bits per heavy atom. The molecule has 0 saturated carbocycles. The van der Waals surface area contributed by atoms with Gasteiger partial charge < -0.3 is 22.5 Å². The van der Waals surface area contributed by atoms with Crippen LogP contribution in [0.2, 0.25) is 0 Å². The molecule has 0 aliphatic heterocycles. The molecule has 0 fully saturated rings. The van der Waals surface area contributed by atoms with Crippen molar-refractivity contribution in [1.29, 1.82) is 0 Å². The van der Waals surface area contributed by atoms with Gasteiger partial charge in [0.1, 0.15) is 0 Å². The highest BCUT2D eigenvalue weighted by Gasteiger charge is 2.15.